The van der Waals surface area contributed by atoms with Crippen LogP contribution < -0.4 is 10.1 Å². The van der Waals surface area contributed by atoms with E-state index in [1.54, 1.807) is 19.1 Å². The maximum Gasteiger partial charge on any atom is 0.317 e. The highest BCUT2D eigenvalue weighted by Crippen LogP contribution is 2.30. The van der Waals surface area contributed by atoms with E-state index in [9.17, 15) is 14.7 Å². The van der Waals surface area contributed by atoms with Crippen molar-refractivity contribution in [3.8, 4) is 5.75 Å². The summed E-state index contributed by atoms with van der Waals surface area (Å²) < 4.78 is 5.07. The summed E-state index contributed by atoms with van der Waals surface area (Å²) in [5.41, 5.74) is -0.0137. The normalized spacial score (nSPS) is 20.8. The molecular formula is C15H19ClN2O4. The van der Waals surface area contributed by atoms with E-state index >= 15 is 0 Å². The zero-order valence-electron chi connectivity index (χ0n) is 12.6. The molecule has 0 aromatic heterocycles. The van der Waals surface area contributed by atoms with E-state index in [1.165, 1.54) is 12.0 Å². The summed E-state index contributed by atoms with van der Waals surface area (Å²) in [5, 5.41) is 12.4. The van der Waals surface area contributed by atoms with Crippen molar-refractivity contribution in [2.24, 2.45) is 5.41 Å². The van der Waals surface area contributed by atoms with Crippen LogP contribution in [0.25, 0.3) is 0 Å². The van der Waals surface area contributed by atoms with Gasteiger partial charge >= 0.3 is 12.0 Å². The summed E-state index contributed by atoms with van der Waals surface area (Å²) in [6, 6.07) is 5.01. The molecule has 1 aliphatic rings. The number of methoxy groups -OCH3 is 1. The number of aliphatic carboxylic acids is 1. The minimum absolute atomic E-state index is 0.220. The van der Waals surface area contributed by atoms with E-state index in [2.05, 4.69) is 5.32 Å². The Morgan fingerprint density at radius 3 is 2.77 bits per heavy atom. The topological polar surface area (TPSA) is 78.9 Å². The molecule has 22 heavy (non-hydrogen) atoms. The number of carboxylic acids is 1. The fraction of sp³-hybridized carbons (Fsp3) is 0.467. The Morgan fingerprint density at radius 1 is 1.50 bits per heavy atom. The van der Waals surface area contributed by atoms with E-state index in [-0.39, 0.29) is 12.6 Å². The molecule has 2 rings (SSSR count). The molecule has 1 unspecified atom stereocenters. The van der Waals surface area contributed by atoms with Crippen molar-refractivity contribution in [1.82, 2.24) is 10.2 Å². The number of ether oxygens (including phenoxy) is 1. The molecule has 1 saturated heterocycles. The van der Waals surface area contributed by atoms with Crippen LogP contribution in [0, 0.1) is 5.41 Å². The van der Waals surface area contributed by atoms with Gasteiger partial charge in [0.05, 0.1) is 17.5 Å². The number of carboxylic acid groups (broad SMARTS) is 1. The van der Waals surface area contributed by atoms with Gasteiger partial charge in [-0.15, -0.1) is 0 Å². The number of rotatable bonds is 4. The van der Waals surface area contributed by atoms with E-state index in [0.717, 1.165) is 5.56 Å². The van der Waals surface area contributed by atoms with E-state index in [1.807, 2.05) is 6.07 Å². The average molecular weight is 327 g/mol. The number of hydrogen-bond donors (Lipinski definition) is 2. The van der Waals surface area contributed by atoms with Gasteiger partial charge in [0.1, 0.15) is 5.75 Å². The SMILES string of the molecule is COc1ccc(CNC(=O)N2CCC(C)(C(=O)O)C2)cc1Cl. The summed E-state index contributed by atoms with van der Waals surface area (Å²) in [5.74, 6) is -0.293. The van der Waals surface area contributed by atoms with Gasteiger partial charge in [-0.3, -0.25) is 4.79 Å². The predicted molar refractivity (Wildman–Crippen MR) is 82.2 cm³/mol. The Kier molecular flexibility index (Phi) is 4.81. The number of carbonyl (C=O) groups is 2. The molecule has 1 aromatic rings. The van der Waals surface area contributed by atoms with Crippen LogP contribution in [-0.2, 0) is 11.3 Å². The van der Waals surface area contributed by atoms with Crippen LogP contribution in [0.2, 0.25) is 5.02 Å². The summed E-state index contributed by atoms with van der Waals surface area (Å²) in [4.78, 5) is 24.8. The zero-order valence-corrected chi connectivity index (χ0v) is 13.3. The molecule has 0 radical (unpaired) electrons. The molecule has 1 aliphatic heterocycles. The highest BCUT2D eigenvalue weighted by atomic mass is 35.5. The number of amides is 2. The van der Waals surface area contributed by atoms with Crippen molar-refractivity contribution in [1.29, 1.82) is 0 Å². The maximum atomic E-state index is 12.1. The monoisotopic (exact) mass is 326 g/mol. The Hall–Kier alpha value is -1.95. The highest BCUT2D eigenvalue weighted by Gasteiger charge is 2.42. The largest absolute Gasteiger partial charge is 0.495 e. The van der Waals surface area contributed by atoms with Gasteiger partial charge in [0.25, 0.3) is 0 Å². The van der Waals surface area contributed by atoms with Crippen molar-refractivity contribution in [2.45, 2.75) is 19.9 Å². The molecule has 0 spiro atoms. The lowest BCUT2D eigenvalue weighted by atomic mass is 9.90. The molecule has 6 nitrogen and oxygen atoms in total. The van der Waals surface area contributed by atoms with Gasteiger partial charge in [-0.2, -0.15) is 0 Å². The molecule has 0 saturated carbocycles. The van der Waals surface area contributed by atoms with Crippen LogP contribution in [0.4, 0.5) is 4.79 Å². The third-order valence-corrected chi connectivity index (χ3v) is 4.23. The number of halogens is 1. The van der Waals surface area contributed by atoms with Crippen LogP contribution in [0.3, 0.4) is 0 Å². The second-order valence-corrected chi connectivity index (χ2v) is 6.07. The third-order valence-electron chi connectivity index (χ3n) is 3.94. The predicted octanol–water partition coefficient (Wildman–Crippen LogP) is 2.35. The highest BCUT2D eigenvalue weighted by molar-refractivity contribution is 6.32. The fourth-order valence-corrected chi connectivity index (χ4v) is 2.70. The average Bonchev–Trinajstić information content (AvgIpc) is 2.89. The molecule has 7 heteroatoms. The van der Waals surface area contributed by atoms with Gasteiger partial charge in [-0.25, -0.2) is 4.79 Å². The van der Waals surface area contributed by atoms with Gasteiger partial charge in [-0.1, -0.05) is 17.7 Å². The van der Waals surface area contributed by atoms with Gasteiger partial charge in [-0.05, 0) is 31.0 Å². The molecule has 0 bridgehead atoms. The molecular weight excluding hydrogens is 308 g/mol. The first-order chi connectivity index (χ1) is 10.4. The van der Waals surface area contributed by atoms with E-state index < -0.39 is 11.4 Å². The summed E-state index contributed by atoms with van der Waals surface area (Å²) in [7, 11) is 1.54. The smallest absolute Gasteiger partial charge is 0.317 e. The number of likely N-dealkylation sites (tertiary alicyclic amines) is 1. The summed E-state index contributed by atoms with van der Waals surface area (Å²) in [6.07, 6.45) is 0.462. The molecule has 1 aromatic carbocycles. The zero-order chi connectivity index (χ0) is 16.3. The van der Waals surface area contributed by atoms with Gasteiger partial charge in [0.15, 0.2) is 0 Å². The number of benzene rings is 1. The summed E-state index contributed by atoms with van der Waals surface area (Å²) in [6.45, 7) is 2.64. The Morgan fingerprint density at radius 2 is 2.23 bits per heavy atom. The Labute approximate surface area is 134 Å². The maximum absolute atomic E-state index is 12.1. The van der Waals surface area contributed by atoms with Crippen LogP contribution >= 0.6 is 11.6 Å². The van der Waals surface area contributed by atoms with Crippen LogP contribution in [0.1, 0.15) is 18.9 Å². The Bertz CT molecular complexity index is 593. The molecule has 1 fully saturated rings. The lowest BCUT2D eigenvalue weighted by molar-refractivity contribution is -0.146. The number of carbonyl (C=O) groups excluding carboxylic acids is 1. The first kappa shape index (κ1) is 16.4. The lowest BCUT2D eigenvalue weighted by Gasteiger charge is -2.20. The van der Waals surface area contributed by atoms with E-state index in [0.29, 0.717) is 30.3 Å². The lowest BCUT2D eigenvalue weighted by Crippen LogP contribution is -2.40. The van der Waals surface area contributed by atoms with Crippen LogP contribution in [0.5, 0.6) is 5.75 Å². The molecule has 1 heterocycles. The minimum atomic E-state index is -0.871. The standard InChI is InChI=1S/C15H19ClN2O4/c1-15(13(19)20)5-6-18(9-15)14(21)17-8-10-3-4-12(22-2)11(16)7-10/h3-4,7H,5-6,8-9H2,1-2H3,(H,17,21)(H,19,20). The first-order valence-electron chi connectivity index (χ1n) is 6.94. The van der Waals surface area contributed by atoms with Gasteiger partial charge in [0, 0.05) is 19.6 Å². The van der Waals surface area contributed by atoms with Gasteiger partial charge < -0.3 is 20.1 Å². The molecule has 0 aliphatic carbocycles. The molecule has 120 valence electrons. The molecule has 2 amide bonds. The van der Waals surface area contributed by atoms with Crippen molar-refractivity contribution < 1.29 is 19.4 Å². The van der Waals surface area contributed by atoms with Crippen molar-refractivity contribution in [3.63, 3.8) is 0 Å². The second kappa shape index (κ2) is 6.44. The van der Waals surface area contributed by atoms with Crippen molar-refractivity contribution in [2.75, 3.05) is 20.2 Å². The third kappa shape index (κ3) is 3.44. The first-order valence-corrected chi connectivity index (χ1v) is 7.32. The van der Waals surface area contributed by atoms with Crippen molar-refractivity contribution >= 4 is 23.6 Å². The minimum Gasteiger partial charge on any atom is -0.495 e. The van der Waals surface area contributed by atoms with Crippen LogP contribution in [0.15, 0.2) is 18.2 Å². The Balaban J connectivity index is 1.91. The molecule has 1 atom stereocenters. The van der Waals surface area contributed by atoms with Crippen LogP contribution in [-0.4, -0.2) is 42.2 Å². The van der Waals surface area contributed by atoms with E-state index in [4.69, 9.17) is 16.3 Å². The number of nitrogens with one attached hydrogen (secondary N) is 1. The van der Waals surface area contributed by atoms with Crippen molar-refractivity contribution in [3.05, 3.63) is 28.8 Å². The second-order valence-electron chi connectivity index (χ2n) is 5.66. The fourth-order valence-electron chi connectivity index (χ4n) is 2.42. The number of hydrogen-bond acceptors (Lipinski definition) is 3. The quantitative estimate of drug-likeness (QED) is 0.890. The molecule has 2 N–H and O–H groups in total. The summed E-state index contributed by atoms with van der Waals surface area (Å²) >= 11 is 6.03. The number of nitrogens with zero attached hydrogens (tertiary/aromatic N) is 1. The van der Waals surface area contributed by atoms with Gasteiger partial charge in [0.2, 0.25) is 0 Å². The number of urea groups is 1.